The van der Waals surface area contributed by atoms with Crippen LogP contribution in [0.4, 0.5) is 23.2 Å². The zero-order chi connectivity index (χ0) is 22.6. The Labute approximate surface area is 185 Å². The van der Waals surface area contributed by atoms with Crippen LogP contribution in [0.5, 0.6) is 0 Å². The molecule has 172 valence electrons. The lowest BCUT2D eigenvalue weighted by molar-refractivity contribution is -0.126. The maximum Gasteiger partial charge on any atom is 0.393 e. The molecule has 2 aliphatic rings. The van der Waals surface area contributed by atoms with E-state index < -0.39 is 18.8 Å². The minimum absolute atomic E-state index is 0.00431. The van der Waals surface area contributed by atoms with E-state index >= 15 is 4.39 Å². The molecule has 11 heteroatoms. The normalized spacial score (nSPS) is 26.2. The lowest BCUT2D eigenvalue weighted by atomic mass is 9.95. The number of alkyl halides is 4. The van der Waals surface area contributed by atoms with Crippen molar-refractivity contribution in [1.82, 2.24) is 15.0 Å². The quantitative estimate of drug-likeness (QED) is 0.536. The van der Waals surface area contributed by atoms with E-state index in [1.165, 1.54) is 0 Å². The van der Waals surface area contributed by atoms with E-state index in [0.717, 1.165) is 24.2 Å². The Morgan fingerprint density at radius 1 is 1.31 bits per heavy atom. The van der Waals surface area contributed by atoms with Crippen molar-refractivity contribution in [3.05, 3.63) is 29.7 Å². The van der Waals surface area contributed by atoms with Crippen molar-refractivity contribution >= 4 is 27.1 Å². The molecule has 4 heterocycles. The molecular weight excluding hydrogens is 446 g/mol. The van der Waals surface area contributed by atoms with Gasteiger partial charge >= 0.3 is 6.18 Å². The van der Waals surface area contributed by atoms with E-state index in [1.54, 1.807) is 18.2 Å². The molecule has 5 rings (SSSR count). The van der Waals surface area contributed by atoms with Crippen LogP contribution in [-0.2, 0) is 13.0 Å². The van der Waals surface area contributed by atoms with E-state index in [4.69, 9.17) is 10.3 Å². The van der Waals surface area contributed by atoms with Gasteiger partial charge in [0, 0.05) is 12.1 Å². The van der Waals surface area contributed by atoms with Crippen molar-refractivity contribution in [1.29, 1.82) is 0 Å². The number of nitrogens with two attached hydrogens (primary N) is 1. The monoisotopic (exact) mass is 469 g/mol. The highest BCUT2D eigenvalue weighted by atomic mass is 32.1. The third-order valence-corrected chi connectivity index (χ3v) is 7.83. The molecule has 2 aromatic heterocycles. The molecule has 2 fully saturated rings. The van der Waals surface area contributed by atoms with Crippen molar-refractivity contribution < 1.29 is 22.1 Å². The lowest BCUT2D eigenvalue weighted by Crippen LogP contribution is -2.53. The summed E-state index contributed by atoms with van der Waals surface area (Å²) in [5.74, 6) is 0.230. The number of nitrogens with one attached hydrogen (secondary N) is 1. The summed E-state index contributed by atoms with van der Waals surface area (Å²) < 4.78 is 61.1. The van der Waals surface area contributed by atoms with Gasteiger partial charge in [-0.3, -0.25) is 4.90 Å². The first kappa shape index (κ1) is 21.6. The van der Waals surface area contributed by atoms with Crippen LogP contribution in [0.15, 0.2) is 22.7 Å². The first-order valence-electron chi connectivity index (χ1n) is 10.5. The summed E-state index contributed by atoms with van der Waals surface area (Å²) >= 11 is 1.15. The van der Waals surface area contributed by atoms with Gasteiger partial charge in [0.25, 0.3) is 0 Å². The molecule has 3 aromatic rings. The highest BCUT2D eigenvalue weighted by molar-refractivity contribution is 7.23. The number of nitrogens with zero attached hydrogens (tertiary/aromatic N) is 3. The highest BCUT2D eigenvalue weighted by Crippen LogP contribution is 2.44. The number of thiophene rings is 1. The van der Waals surface area contributed by atoms with E-state index in [-0.39, 0.29) is 40.8 Å². The Bertz CT molecular complexity index is 1130. The van der Waals surface area contributed by atoms with E-state index in [2.05, 4.69) is 20.4 Å². The second kappa shape index (κ2) is 7.96. The molecule has 0 aliphatic carbocycles. The van der Waals surface area contributed by atoms with Crippen LogP contribution in [0.25, 0.3) is 20.8 Å². The van der Waals surface area contributed by atoms with Crippen LogP contribution in [0, 0.1) is 0 Å². The number of anilines is 1. The number of rotatable bonds is 5. The molecule has 32 heavy (non-hydrogen) atoms. The fraction of sp³-hybridized carbons (Fsp3) is 0.524. The molecule has 2 saturated heterocycles. The Hall–Kier alpha value is -2.24. The second-order valence-electron chi connectivity index (χ2n) is 8.49. The number of piperidine rings is 1. The fourth-order valence-corrected chi connectivity index (χ4v) is 6.23. The number of halogens is 4. The molecule has 1 aromatic carbocycles. The summed E-state index contributed by atoms with van der Waals surface area (Å²) in [4.78, 5) is 6.53. The zero-order valence-electron chi connectivity index (χ0n) is 17.3. The molecule has 3 N–H and O–H groups in total. The largest absolute Gasteiger partial charge is 0.393 e. The Balaban J connectivity index is 1.55. The maximum absolute atomic E-state index is 15.2. The first-order valence-corrected chi connectivity index (χ1v) is 11.3. The van der Waals surface area contributed by atoms with Crippen LogP contribution in [0.1, 0.15) is 30.7 Å². The molecule has 0 radical (unpaired) electrons. The second-order valence-corrected chi connectivity index (χ2v) is 9.52. The minimum atomic E-state index is -4.41. The number of aromatic nitrogens is 2. The molecule has 0 saturated carbocycles. The zero-order valence-corrected chi connectivity index (χ0v) is 18.1. The molecule has 4 atom stereocenters. The number of hydrogen-bond acceptors (Lipinski definition) is 7. The van der Waals surface area contributed by atoms with Crippen molar-refractivity contribution in [3.63, 3.8) is 0 Å². The molecule has 0 spiro atoms. The SMILES string of the molecule is CN1[C@@H]2CC[C@H]1[C@H](F)[C@H](Nc1cccc3c(CC(F)(F)F)c(-c4noc(CN)n4)sc13)C2. The van der Waals surface area contributed by atoms with Gasteiger partial charge in [-0.15, -0.1) is 11.3 Å². The van der Waals surface area contributed by atoms with Crippen molar-refractivity contribution in [3.8, 4) is 10.7 Å². The average Bonchev–Trinajstić information content (AvgIpc) is 3.41. The summed E-state index contributed by atoms with van der Waals surface area (Å²) in [6.07, 6.45) is -4.14. The molecule has 2 bridgehead atoms. The Morgan fingerprint density at radius 2 is 2.12 bits per heavy atom. The van der Waals surface area contributed by atoms with Gasteiger partial charge in [-0.2, -0.15) is 18.2 Å². The third kappa shape index (κ3) is 3.75. The molecule has 0 unspecified atom stereocenters. The van der Waals surface area contributed by atoms with Gasteiger partial charge in [0.1, 0.15) is 6.17 Å². The first-order chi connectivity index (χ1) is 15.2. The third-order valence-electron chi connectivity index (χ3n) is 6.56. The van der Waals surface area contributed by atoms with Crippen LogP contribution in [0.3, 0.4) is 0 Å². The van der Waals surface area contributed by atoms with Crippen molar-refractivity contribution in [2.75, 3.05) is 12.4 Å². The standard InChI is InChI=1S/C21H23F4N5OS/c1-30-10-5-6-15(30)17(22)14(7-10)27-13-4-2-3-11-12(8-21(23,24)25)19(32-18(11)13)20-28-16(9-26)31-29-20/h2-4,10,14-15,17,27H,5-9,26H2,1H3/t10-,14-,15+,17-/m1/s1. The predicted octanol–water partition coefficient (Wildman–Crippen LogP) is 4.50. The van der Waals surface area contributed by atoms with Crippen molar-refractivity contribution in [2.45, 2.75) is 62.7 Å². The van der Waals surface area contributed by atoms with Gasteiger partial charge in [0.15, 0.2) is 0 Å². The summed E-state index contributed by atoms with van der Waals surface area (Å²) in [6.45, 7) is -0.00431. The minimum Gasteiger partial charge on any atom is -0.378 e. The van der Waals surface area contributed by atoms with Gasteiger partial charge in [-0.05, 0) is 43.3 Å². The van der Waals surface area contributed by atoms with E-state index in [9.17, 15) is 13.2 Å². The van der Waals surface area contributed by atoms with Crippen molar-refractivity contribution in [2.24, 2.45) is 5.73 Å². The molecule has 0 amide bonds. The molecule has 6 nitrogen and oxygen atoms in total. The van der Waals surface area contributed by atoms with Gasteiger partial charge in [-0.1, -0.05) is 17.3 Å². The van der Waals surface area contributed by atoms with E-state index in [0.29, 0.717) is 28.2 Å². The van der Waals surface area contributed by atoms with Gasteiger partial charge in [0.05, 0.1) is 34.3 Å². The summed E-state index contributed by atoms with van der Waals surface area (Å²) in [6, 6.07) is 4.93. The highest BCUT2D eigenvalue weighted by Gasteiger charge is 2.46. The topological polar surface area (TPSA) is 80.2 Å². The van der Waals surface area contributed by atoms with Crippen LogP contribution in [0.2, 0.25) is 0 Å². The summed E-state index contributed by atoms with van der Waals surface area (Å²) in [7, 11) is 1.96. The summed E-state index contributed by atoms with van der Waals surface area (Å²) in [5, 5.41) is 7.59. The smallest absolute Gasteiger partial charge is 0.378 e. The fourth-order valence-electron chi connectivity index (χ4n) is 5.01. The van der Waals surface area contributed by atoms with E-state index in [1.807, 2.05) is 7.05 Å². The summed E-state index contributed by atoms with van der Waals surface area (Å²) in [5.41, 5.74) is 6.23. The maximum atomic E-state index is 15.2. The Kier molecular flexibility index (Phi) is 5.37. The van der Waals surface area contributed by atoms with Gasteiger partial charge < -0.3 is 15.6 Å². The van der Waals surface area contributed by atoms with Gasteiger partial charge in [-0.25, -0.2) is 4.39 Å². The number of hydrogen-bond donors (Lipinski definition) is 2. The van der Waals surface area contributed by atoms with Crippen LogP contribution >= 0.6 is 11.3 Å². The Morgan fingerprint density at radius 3 is 2.84 bits per heavy atom. The van der Waals surface area contributed by atoms with Gasteiger partial charge in [0.2, 0.25) is 11.7 Å². The predicted molar refractivity (Wildman–Crippen MR) is 114 cm³/mol. The number of benzene rings is 1. The molecular formula is C21H23F4N5OS. The number of fused-ring (bicyclic) bond motifs is 3. The average molecular weight is 470 g/mol. The molecule has 2 aliphatic heterocycles. The van der Waals surface area contributed by atoms with Crippen LogP contribution < -0.4 is 11.1 Å². The lowest BCUT2D eigenvalue weighted by Gasteiger charge is -2.39. The van der Waals surface area contributed by atoms with Crippen LogP contribution in [-0.4, -0.2) is 52.6 Å².